The van der Waals surface area contributed by atoms with E-state index in [1.54, 1.807) is 0 Å². The van der Waals surface area contributed by atoms with Crippen molar-refractivity contribution in [2.75, 3.05) is 6.54 Å². The van der Waals surface area contributed by atoms with Gasteiger partial charge in [0.15, 0.2) is 0 Å². The van der Waals surface area contributed by atoms with Gasteiger partial charge in [0.25, 0.3) is 0 Å². The second-order valence-electron chi connectivity index (χ2n) is 6.03. The molecule has 0 bridgehead atoms. The largest absolute Gasteiger partial charge is 0.371 e. The Balaban J connectivity index is 2.56. The average Bonchev–Trinajstić information content (AvgIpc) is 2.26. The van der Waals surface area contributed by atoms with Crippen LogP contribution in [-0.4, -0.2) is 18.2 Å². The molecule has 0 fully saturated rings. The van der Waals surface area contributed by atoms with Crippen molar-refractivity contribution in [2.45, 2.75) is 59.3 Å². The minimum atomic E-state index is -0.0801. The van der Waals surface area contributed by atoms with Crippen LogP contribution in [0.25, 0.3) is 0 Å². The molecule has 0 aliphatic carbocycles. The van der Waals surface area contributed by atoms with Crippen LogP contribution in [0.4, 0.5) is 0 Å². The zero-order chi connectivity index (χ0) is 13.6. The number of hydrogen-bond acceptors (Lipinski definition) is 2. The molecule has 1 rings (SSSR count). The highest BCUT2D eigenvalue weighted by atomic mass is 16.5. The number of rotatable bonds is 6. The van der Waals surface area contributed by atoms with Gasteiger partial charge in [-0.15, -0.1) is 0 Å². The van der Waals surface area contributed by atoms with Crippen molar-refractivity contribution in [3.63, 3.8) is 0 Å². The summed E-state index contributed by atoms with van der Waals surface area (Å²) in [6.07, 6.45) is 1.06. The van der Waals surface area contributed by atoms with E-state index in [1.807, 2.05) is 0 Å². The second kappa shape index (κ2) is 6.91. The maximum Gasteiger partial charge on any atom is 0.0726 e. The van der Waals surface area contributed by atoms with E-state index in [0.717, 1.165) is 13.0 Å². The number of ether oxygens (including phenoxy) is 1. The van der Waals surface area contributed by atoms with E-state index in [4.69, 9.17) is 4.74 Å². The van der Waals surface area contributed by atoms with E-state index in [0.29, 0.717) is 12.6 Å². The summed E-state index contributed by atoms with van der Waals surface area (Å²) in [6, 6.07) is 9.09. The van der Waals surface area contributed by atoms with Gasteiger partial charge >= 0.3 is 0 Å². The van der Waals surface area contributed by atoms with Crippen LogP contribution >= 0.6 is 0 Å². The summed E-state index contributed by atoms with van der Waals surface area (Å²) in [5, 5.41) is 3.45. The Hall–Kier alpha value is -0.860. The van der Waals surface area contributed by atoms with Gasteiger partial charge in [-0.05, 0) is 44.9 Å². The van der Waals surface area contributed by atoms with Gasteiger partial charge in [0.2, 0.25) is 0 Å². The van der Waals surface area contributed by atoms with Crippen molar-refractivity contribution < 1.29 is 4.74 Å². The van der Waals surface area contributed by atoms with Crippen molar-refractivity contribution in [3.8, 4) is 0 Å². The Morgan fingerprint density at radius 2 is 1.72 bits per heavy atom. The molecule has 2 nitrogen and oxygen atoms in total. The van der Waals surface area contributed by atoms with Gasteiger partial charge in [0, 0.05) is 6.04 Å². The third kappa shape index (κ3) is 6.18. The Bertz CT molecular complexity index is 352. The maximum absolute atomic E-state index is 5.86. The average molecular weight is 249 g/mol. The molecule has 1 aromatic rings. The molecule has 0 saturated carbocycles. The lowest BCUT2D eigenvalue weighted by Gasteiger charge is -2.21. The lowest BCUT2D eigenvalue weighted by molar-refractivity contribution is -0.0152. The fraction of sp³-hybridized carbons (Fsp3) is 0.625. The summed E-state index contributed by atoms with van der Waals surface area (Å²) in [7, 11) is 0. The smallest absolute Gasteiger partial charge is 0.0726 e. The van der Waals surface area contributed by atoms with Crippen LogP contribution in [0.1, 0.15) is 45.7 Å². The SMILES string of the molecule is CC(C)NCCc1ccccc1COC(C)(C)C. The third-order valence-electron chi connectivity index (χ3n) is 2.73. The quantitative estimate of drug-likeness (QED) is 0.832. The first kappa shape index (κ1) is 15.2. The highest BCUT2D eigenvalue weighted by molar-refractivity contribution is 5.26. The fourth-order valence-electron chi connectivity index (χ4n) is 1.73. The number of nitrogens with one attached hydrogen (secondary N) is 1. The second-order valence-corrected chi connectivity index (χ2v) is 6.03. The molecule has 0 atom stereocenters. The van der Waals surface area contributed by atoms with E-state index in [1.165, 1.54) is 11.1 Å². The van der Waals surface area contributed by atoms with Gasteiger partial charge in [0.05, 0.1) is 12.2 Å². The normalized spacial score (nSPS) is 12.1. The standard InChI is InChI=1S/C16H27NO/c1-13(2)17-11-10-14-8-6-7-9-15(14)12-18-16(3,4)5/h6-9,13,17H,10-12H2,1-5H3. The molecule has 102 valence electrons. The minimum Gasteiger partial charge on any atom is -0.371 e. The molecule has 0 aromatic heterocycles. The first-order chi connectivity index (χ1) is 8.38. The predicted octanol–water partition coefficient (Wildman–Crippen LogP) is 3.54. The monoisotopic (exact) mass is 249 g/mol. The topological polar surface area (TPSA) is 21.3 Å². The summed E-state index contributed by atoms with van der Waals surface area (Å²) in [5.41, 5.74) is 2.61. The molecule has 0 unspecified atom stereocenters. The Labute approximate surface area is 112 Å². The van der Waals surface area contributed by atoms with Crippen LogP contribution < -0.4 is 5.32 Å². The van der Waals surface area contributed by atoms with Crippen molar-refractivity contribution in [3.05, 3.63) is 35.4 Å². The van der Waals surface area contributed by atoms with Crippen LogP contribution in [0.3, 0.4) is 0 Å². The van der Waals surface area contributed by atoms with Crippen molar-refractivity contribution >= 4 is 0 Å². The van der Waals surface area contributed by atoms with E-state index in [9.17, 15) is 0 Å². The zero-order valence-electron chi connectivity index (χ0n) is 12.4. The molecule has 2 heteroatoms. The molecule has 0 radical (unpaired) electrons. The van der Waals surface area contributed by atoms with E-state index < -0.39 is 0 Å². The summed E-state index contributed by atoms with van der Waals surface area (Å²) < 4.78 is 5.86. The Morgan fingerprint density at radius 1 is 1.11 bits per heavy atom. The van der Waals surface area contributed by atoms with Crippen molar-refractivity contribution in [1.29, 1.82) is 0 Å². The van der Waals surface area contributed by atoms with Crippen LogP contribution in [0, 0.1) is 0 Å². The maximum atomic E-state index is 5.86. The van der Waals surface area contributed by atoms with Crippen molar-refractivity contribution in [2.24, 2.45) is 0 Å². The summed E-state index contributed by atoms with van der Waals surface area (Å²) in [4.78, 5) is 0. The molecule has 0 aliphatic rings. The summed E-state index contributed by atoms with van der Waals surface area (Å²) >= 11 is 0. The van der Waals surface area contributed by atoms with Gasteiger partial charge < -0.3 is 10.1 Å². The highest BCUT2D eigenvalue weighted by Gasteiger charge is 2.11. The van der Waals surface area contributed by atoms with Crippen LogP contribution in [0.15, 0.2) is 24.3 Å². The zero-order valence-corrected chi connectivity index (χ0v) is 12.4. The van der Waals surface area contributed by atoms with Crippen LogP contribution in [-0.2, 0) is 17.8 Å². The van der Waals surface area contributed by atoms with Crippen LogP contribution in [0.5, 0.6) is 0 Å². The molecular weight excluding hydrogens is 222 g/mol. The first-order valence-corrected chi connectivity index (χ1v) is 6.82. The third-order valence-corrected chi connectivity index (χ3v) is 2.73. The molecular formula is C16H27NO. The van der Waals surface area contributed by atoms with Crippen LogP contribution in [0.2, 0.25) is 0 Å². The molecule has 1 aromatic carbocycles. The molecule has 0 heterocycles. The molecule has 0 amide bonds. The lowest BCUT2D eigenvalue weighted by atomic mass is 10.0. The van der Waals surface area contributed by atoms with E-state index in [2.05, 4.69) is 64.2 Å². The predicted molar refractivity (Wildman–Crippen MR) is 77.8 cm³/mol. The van der Waals surface area contributed by atoms with Gasteiger partial charge in [-0.1, -0.05) is 38.1 Å². The van der Waals surface area contributed by atoms with Gasteiger partial charge in [-0.25, -0.2) is 0 Å². The van der Waals surface area contributed by atoms with E-state index >= 15 is 0 Å². The van der Waals surface area contributed by atoms with Gasteiger partial charge in [-0.2, -0.15) is 0 Å². The number of hydrogen-bond donors (Lipinski definition) is 1. The molecule has 1 N–H and O–H groups in total. The van der Waals surface area contributed by atoms with Gasteiger partial charge in [0.1, 0.15) is 0 Å². The van der Waals surface area contributed by atoms with Gasteiger partial charge in [-0.3, -0.25) is 0 Å². The highest BCUT2D eigenvalue weighted by Crippen LogP contribution is 2.15. The van der Waals surface area contributed by atoms with E-state index in [-0.39, 0.29) is 5.60 Å². The van der Waals surface area contributed by atoms with Crippen molar-refractivity contribution in [1.82, 2.24) is 5.32 Å². The number of benzene rings is 1. The minimum absolute atomic E-state index is 0.0801. The lowest BCUT2D eigenvalue weighted by Crippen LogP contribution is -2.25. The molecule has 18 heavy (non-hydrogen) atoms. The molecule has 0 saturated heterocycles. The fourth-order valence-corrected chi connectivity index (χ4v) is 1.73. The molecule has 0 spiro atoms. The summed E-state index contributed by atoms with van der Waals surface area (Å²) in [6.45, 7) is 12.3. The molecule has 0 aliphatic heterocycles. The Kier molecular flexibility index (Phi) is 5.83. The first-order valence-electron chi connectivity index (χ1n) is 6.82. The Morgan fingerprint density at radius 3 is 2.28 bits per heavy atom. The summed E-state index contributed by atoms with van der Waals surface area (Å²) in [5.74, 6) is 0.